The van der Waals surface area contributed by atoms with E-state index in [9.17, 15) is 40.8 Å². The molecule has 3 heterocycles. The standard InChI is InChI=1S/C39H49ClF3N5O9S/c1-21-9-7-8-10-23-19-38(23,34(51)47-58(53,54)37(5)13-14-37)46-32(49)29-17-25(56-30-18-27(40)26-12-11-24(55-6)16-28(26)44-30)20-48(29)33(50)31(22(2)15-21)45-35(52)57-36(3,4)39(41,42)43/h8,10-12,16,18,21-23,25,29,31H,7,9,13-15,17,19-20H2,1-6H3,(H,45,52)(H,46,49)(H,47,51)/b10-8-/t21-,22-,23-,25-,29+,31+,38-/m1/s1. The number of carbonyl (C=O) groups is 4. The van der Waals surface area contributed by atoms with Gasteiger partial charge in [-0.2, -0.15) is 13.2 Å². The summed E-state index contributed by atoms with van der Waals surface area (Å²) in [7, 11) is -2.59. The third-order valence-corrected chi connectivity index (χ3v) is 14.3. The lowest BCUT2D eigenvalue weighted by molar-refractivity contribution is -0.244. The highest BCUT2D eigenvalue weighted by molar-refractivity contribution is 7.91. The van der Waals surface area contributed by atoms with Gasteiger partial charge in [0.05, 0.1) is 28.9 Å². The Morgan fingerprint density at radius 2 is 1.81 bits per heavy atom. The highest BCUT2D eigenvalue weighted by Crippen LogP contribution is 2.48. The Kier molecular flexibility index (Phi) is 11.7. The number of amides is 4. The van der Waals surface area contributed by atoms with Crippen LogP contribution in [0.4, 0.5) is 18.0 Å². The highest BCUT2D eigenvalue weighted by atomic mass is 35.5. The van der Waals surface area contributed by atoms with Gasteiger partial charge in [-0.15, -0.1) is 0 Å². The number of halogens is 4. The monoisotopic (exact) mass is 855 g/mol. The molecule has 2 saturated carbocycles. The second-order valence-corrected chi connectivity index (χ2v) is 19.4. The smallest absolute Gasteiger partial charge is 0.427 e. The van der Waals surface area contributed by atoms with Crippen LogP contribution in [0.15, 0.2) is 36.4 Å². The Balaban J connectivity index is 1.35. The third kappa shape index (κ3) is 8.82. The van der Waals surface area contributed by atoms with E-state index in [-0.39, 0.29) is 31.2 Å². The predicted molar refractivity (Wildman–Crippen MR) is 206 cm³/mol. The lowest BCUT2D eigenvalue weighted by atomic mass is 9.88. The first kappa shape index (κ1) is 43.3. The quantitative estimate of drug-likeness (QED) is 0.284. The summed E-state index contributed by atoms with van der Waals surface area (Å²) < 4.78 is 84.9. The number of sulfonamides is 1. The van der Waals surface area contributed by atoms with Gasteiger partial charge in [-0.25, -0.2) is 18.2 Å². The van der Waals surface area contributed by atoms with Crippen molar-refractivity contribution in [2.75, 3.05) is 13.7 Å². The number of nitrogens with zero attached hydrogens (tertiary/aromatic N) is 2. The lowest BCUT2D eigenvalue weighted by Gasteiger charge is -2.34. The van der Waals surface area contributed by atoms with Gasteiger partial charge in [0.2, 0.25) is 33.3 Å². The number of allylic oxidation sites excluding steroid dienone is 1. The van der Waals surface area contributed by atoms with Crippen LogP contribution in [-0.4, -0.2) is 96.0 Å². The maximum atomic E-state index is 14.7. The van der Waals surface area contributed by atoms with Gasteiger partial charge in [-0.3, -0.25) is 19.1 Å². The highest BCUT2D eigenvalue weighted by Gasteiger charge is 2.63. The minimum absolute atomic E-state index is 0.0474. The van der Waals surface area contributed by atoms with E-state index in [1.54, 1.807) is 31.2 Å². The molecule has 3 N–H and O–H groups in total. The first-order chi connectivity index (χ1) is 27.0. The Hall–Kier alpha value is -4.32. The molecule has 1 saturated heterocycles. The molecule has 318 valence electrons. The van der Waals surface area contributed by atoms with Crippen molar-refractivity contribution in [1.82, 2.24) is 25.2 Å². The molecule has 0 radical (unpaired) electrons. The number of alkyl halides is 3. The van der Waals surface area contributed by atoms with Crippen molar-refractivity contribution in [1.29, 1.82) is 0 Å². The van der Waals surface area contributed by atoms with E-state index in [4.69, 9.17) is 25.8 Å². The van der Waals surface area contributed by atoms with E-state index in [0.717, 1.165) is 4.90 Å². The number of carbonyl (C=O) groups excluding carboxylic acids is 4. The van der Waals surface area contributed by atoms with Crippen molar-refractivity contribution in [2.24, 2.45) is 17.8 Å². The van der Waals surface area contributed by atoms with Crippen LogP contribution in [0, 0.1) is 17.8 Å². The number of methoxy groups -OCH3 is 1. The molecule has 19 heteroatoms. The van der Waals surface area contributed by atoms with Crippen molar-refractivity contribution in [3.63, 3.8) is 0 Å². The zero-order valence-electron chi connectivity index (χ0n) is 33.1. The summed E-state index contributed by atoms with van der Waals surface area (Å²) in [6, 6.07) is 3.76. The molecule has 2 aliphatic heterocycles. The fourth-order valence-electron chi connectivity index (χ4n) is 7.54. The number of nitrogens with one attached hydrogen (secondary N) is 3. The molecule has 0 spiro atoms. The zero-order chi connectivity index (χ0) is 42.6. The molecule has 3 fully saturated rings. The van der Waals surface area contributed by atoms with Gasteiger partial charge in [0.15, 0.2) is 0 Å². The molecule has 4 amide bonds. The minimum Gasteiger partial charge on any atom is -0.497 e. The molecule has 58 heavy (non-hydrogen) atoms. The molecule has 1 aromatic carbocycles. The molecule has 0 unspecified atom stereocenters. The van der Waals surface area contributed by atoms with Crippen LogP contribution < -0.4 is 24.8 Å². The zero-order valence-corrected chi connectivity index (χ0v) is 34.6. The SMILES string of the molecule is COc1ccc2c(Cl)cc(O[C@@H]3C[C@H]4C(=O)N[C@]5(C(=O)NS(=O)(=O)C6(C)CC6)C[C@H]5/C=C\CC[C@@H](C)C[C@@H](C)[C@H](NC(=O)OC(C)(C)C(F)(F)F)C(=O)N4C3)nc2c1. The number of aromatic nitrogens is 1. The van der Waals surface area contributed by atoms with Crippen molar-refractivity contribution in [3.8, 4) is 11.6 Å². The number of hydrogen-bond donors (Lipinski definition) is 3. The van der Waals surface area contributed by atoms with Crippen molar-refractivity contribution >= 4 is 56.3 Å². The summed E-state index contributed by atoms with van der Waals surface area (Å²) >= 11 is 6.57. The van der Waals surface area contributed by atoms with E-state index < -0.39 is 85.9 Å². The van der Waals surface area contributed by atoms with Crippen LogP contribution in [0.1, 0.15) is 79.6 Å². The number of fused-ring (bicyclic) bond motifs is 3. The number of hydrogen-bond acceptors (Lipinski definition) is 10. The predicted octanol–water partition coefficient (Wildman–Crippen LogP) is 5.57. The Bertz CT molecular complexity index is 2110. The van der Waals surface area contributed by atoms with E-state index in [1.165, 1.54) is 20.1 Å². The van der Waals surface area contributed by atoms with Crippen molar-refractivity contribution in [2.45, 2.75) is 120 Å². The number of pyridine rings is 1. The first-order valence-corrected chi connectivity index (χ1v) is 21.1. The lowest BCUT2D eigenvalue weighted by Crippen LogP contribution is -2.59. The van der Waals surface area contributed by atoms with E-state index in [2.05, 4.69) is 20.3 Å². The van der Waals surface area contributed by atoms with Crippen LogP contribution in [0.3, 0.4) is 0 Å². The molecule has 0 bridgehead atoms. The van der Waals surface area contributed by atoms with E-state index >= 15 is 0 Å². The van der Waals surface area contributed by atoms with Gasteiger partial charge in [0.25, 0.3) is 5.91 Å². The fourth-order valence-corrected chi connectivity index (χ4v) is 9.11. The Morgan fingerprint density at radius 3 is 2.47 bits per heavy atom. The van der Waals surface area contributed by atoms with Crippen molar-refractivity contribution in [3.05, 3.63) is 41.4 Å². The summed E-state index contributed by atoms with van der Waals surface area (Å²) in [6.07, 6.45) is -1.51. The van der Waals surface area contributed by atoms with Gasteiger partial charge >= 0.3 is 12.3 Å². The number of ether oxygens (including phenoxy) is 3. The summed E-state index contributed by atoms with van der Waals surface area (Å²) in [5.74, 6) is -3.20. The molecule has 14 nitrogen and oxygen atoms in total. The van der Waals surface area contributed by atoms with Crippen LogP contribution in [-0.2, 0) is 29.1 Å². The maximum absolute atomic E-state index is 14.7. The van der Waals surface area contributed by atoms with Crippen LogP contribution >= 0.6 is 11.6 Å². The molecule has 1 aromatic heterocycles. The van der Waals surface area contributed by atoms with Crippen LogP contribution in [0.5, 0.6) is 11.6 Å². The molecule has 7 atom stereocenters. The summed E-state index contributed by atoms with van der Waals surface area (Å²) in [5, 5.41) is 6.05. The summed E-state index contributed by atoms with van der Waals surface area (Å²) in [6.45, 7) is 6.25. The fraction of sp³-hybridized carbons (Fsp3) is 0.615. The summed E-state index contributed by atoms with van der Waals surface area (Å²) in [4.78, 5) is 61.9. The summed E-state index contributed by atoms with van der Waals surface area (Å²) in [5.41, 5.74) is -4.11. The first-order valence-electron chi connectivity index (χ1n) is 19.2. The molecular weight excluding hydrogens is 807 g/mol. The molecule has 2 aromatic rings. The Morgan fingerprint density at radius 1 is 1.10 bits per heavy atom. The van der Waals surface area contributed by atoms with Gasteiger partial charge in [-0.05, 0) is 83.3 Å². The maximum Gasteiger partial charge on any atom is 0.427 e. The second kappa shape index (κ2) is 15.7. The largest absolute Gasteiger partial charge is 0.497 e. The Labute approximate surface area is 340 Å². The van der Waals surface area contributed by atoms with Gasteiger partial charge < -0.3 is 29.7 Å². The van der Waals surface area contributed by atoms with Gasteiger partial charge in [0, 0.05) is 29.9 Å². The average Bonchev–Trinajstić information content (AvgIpc) is 4.01. The molecule has 6 rings (SSSR count). The normalized spacial score (nSPS) is 29.4. The van der Waals surface area contributed by atoms with Crippen LogP contribution in [0.2, 0.25) is 5.02 Å². The average molecular weight is 856 g/mol. The molecular formula is C39H49ClF3N5O9S. The number of benzene rings is 1. The molecule has 2 aliphatic carbocycles. The van der Waals surface area contributed by atoms with Gasteiger partial charge in [0.1, 0.15) is 29.5 Å². The van der Waals surface area contributed by atoms with Crippen LogP contribution in [0.25, 0.3) is 10.9 Å². The van der Waals surface area contributed by atoms with E-state index in [1.807, 2.05) is 13.0 Å². The van der Waals surface area contributed by atoms with E-state index in [0.29, 0.717) is 67.6 Å². The second-order valence-electron chi connectivity index (χ2n) is 16.8. The minimum atomic E-state index is -4.92. The number of alkyl carbamates (subject to hydrolysis) is 1. The van der Waals surface area contributed by atoms with Crippen molar-refractivity contribution < 1.29 is 55.0 Å². The van der Waals surface area contributed by atoms with Gasteiger partial charge in [-0.1, -0.05) is 37.6 Å². The third-order valence-electron chi connectivity index (χ3n) is 11.8. The molecule has 4 aliphatic rings. The topological polar surface area (TPSA) is 182 Å². The number of rotatable bonds is 8.